The number of aliphatic imine (C=N–C) groups is 1. The number of carbonyl (C=O) groups is 1. The summed E-state index contributed by atoms with van der Waals surface area (Å²) in [5, 5.41) is 0. The van der Waals surface area contributed by atoms with Gasteiger partial charge in [0.2, 0.25) is 0 Å². The van der Waals surface area contributed by atoms with E-state index in [0.717, 1.165) is 31.2 Å². The highest BCUT2D eigenvalue weighted by atomic mass is 19.1. The zero-order chi connectivity index (χ0) is 20.2. The molecule has 1 aromatic rings. The van der Waals surface area contributed by atoms with Crippen LogP contribution in [-0.4, -0.2) is 11.5 Å². The maximum atomic E-state index is 13.7. The van der Waals surface area contributed by atoms with E-state index in [0.29, 0.717) is 42.4 Å². The van der Waals surface area contributed by atoms with Gasteiger partial charge in [-0.1, -0.05) is 42.4 Å². The summed E-state index contributed by atoms with van der Waals surface area (Å²) in [6.07, 6.45) is 17.0. The molecular formula is C26H36FNO. The van der Waals surface area contributed by atoms with E-state index in [4.69, 9.17) is 4.99 Å². The molecule has 3 aliphatic rings. The van der Waals surface area contributed by atoms with Crippen molar-refractivity contribution in [3.63, 3.8) is 0 Å². The fourth-order valence-corrected chi connectivity index (χ4v) is 4.95. The smallest absolute Gasteiger partial charge is 0.133 e. The molecule has 1 aromatic carbocycles. The minimum absolute atomic E-state index is 0. The molecule has 1 unspecified atom stereocenters. The van der Waals surface area contributed by atoms with E-state index in [1.165, 1.54) is 29.7 Å². The van der Waals surface area contributed by atoms with Crippen LogP contribution in [0.4, 0.5) is 4.39 Å². The van der Waals surface area contributed by atoms with Crippen molar-refractivity contribution in [3.8, 4) is 0 Å². The zero-order valence-electron chi connectivity index (χ0n) is 17.3. The Morgan fingerprint density at radius 3 is 2.97 bits per heavy atom. The number of hydrogen-bond acceptors (Lipinski definition) is 2. The average molecular weight is 398 g/mol. The van der Waals surface area contributed by atoms with Crippen LogP contribution in [0.15, 0.2) is 58.8 Å². The number of Topliss-reactive ketones (excluding diaryl/α,β-unsaturated/α-hetero) is 1. The normalized spacial score (nSPS) is 23.7. The third-order valence-electron chi connectivity index (χ3n) is 6.60. The third-order valence-corrected chi connectivity index (χ3v) is 6.60. The van der Waals surface area contributed by atoms with Gasteiger partial charge in [0.05, 0.1) is 5.71 Å². The number of rotatable bonds is 6. The Morgan fingerprint density at radius 1 is 1.24 bits per heavy atom. The van der Waals surface area contributed by atoms with E-state index in [2.05, 4.69) is 18.2 Å². The van der Waals surface area contributed by atoms with Gasteiger partial charge in [-0.2, -0.15) is 0 Å². The van der Waals surface area contributed by atoms with Crippen molar-refractivity contribution in [2.24, 2.45) is 16.8 Å². The molecule has 158 valence electrons. The Kier molecular flexibility index (Phi) is 6.22. The number of ketones is 1. The van der Waals surface area contributed by atoms with Crippen LogP contribution in [-0.2, 0) is 11.2 Å². The lowest BCUT2D eigenvalue weighted by molar-refractivity contribution is -0.120. The van der Waals surface area contributed by atoms with E-state index in [1.807, 2.05) is 12.3 Å². The van der Waals surface area contributed by atoms with Crippen molar-refractivity contribution >= 4 is 11.5 Å². The van der Waals surface area contributed by atoms with Crippen LogP contribution in [0.2, 0.25) is 0 Å². The first-order chi connectivity index (χ1) is 14.1. The van der Waals surface area contributed by atoms with Crippen molar-refractivity contribution in [1.82, 2.24) is 0 Å². The number of aryl methyl sites for hydroxylation is 2. The highest BCUT2D eigenvalue weighted by Gasteiger charge is 2.30. The van der Waals surface area contributed by atoms with E-state index < -0.39 is 0 Å². The largest absolute Gasteiger partial charge is 0.300 e. The molecule has 1 saturated carbocycles. The second-order valence-electron chi connectivity index (χ2n) is 8.78. The minimum atomic E-state index is -0.182. The second kappa shape index (κ2) is 9.02. The third kappa shape index (κ3) is 4.83. The minimum Gasteiger partial charge on any atom is -0.300 e. The Labute approximate surface area is 177 Å². The van der Waals surface area contributed by atoms with Gasteiger partial charge in [-0.3, -0.25) is 9.79 Å². The molecule has 1 aliphatic heterocycles. The van der Waals surface area contributed by atoms with Crippen molar-refractivity contribution in [3.05, 3.63) is 70.7 Å². The first kappa shape index (κ1) is 20.0. The molecule has 29 heavy (non-hydrogen) atoms. The Bertz CT molecular complexity index is 920. The lowest BCUT2D eigenvalue weighted by Crippen LogP contribution is -2.25. The molecule has 2 atom stereocenters. The summed E-state index contributed by atoms with van der Waals surface area (Å²) >= 11 is 0. The van der Waals surface area contributed by atoms with E-state index in [9.17, 15) is 9.18 Å². The molecule has 1 fully saturated rings. The molecule has 4 rings (SSSR count). The van der Waals surface area contributed by atoms with Gasteiger partial charge in [-0.05, 0) is 74.1 Å². The maximum absolute atomic E-state index is 13.7. The predicted octanol–water partition coefficient (Wildman–Crippen LogP) is 7.19. The van der Waals surface area contributed by atoms with Gasteiger partial charge in [0, 0.05) is 29.2 Å². The summed E-state index contributed by atoms with van der Waals surface area (Å²) in [4.78, 5) is 17.4. The van der Waals surface area contributed by atoms with E-state index in [1.54, 1.807) is 19.1 Å². The van der Waals surface area contributed by atoms with Gasteiger partial charge in [0.25, 0.3) is 0 Å². The summed E-state index contributed by atoms with van der Waals surface area (Å²) < 4.78 is 13.7. The van der Waals surface area contributed by atoms with Crippen molar-refractivity contribution in [1.29, 1.82) is 0 Å². The molecule has 2 aliphatic carbocycles. The molecule has 0 bridgehead atoms. The fraction of sp³-hybridized carbons (Fsp3) is 0.462. The monoisotopic (exact) mass is 397 g/mol. The highest BCUT2D eigenvalue weighted by molar-refractivity contribution is 6.06. The molecule has 0 saturated heterocycles. The van der Waals surface area contributed by atoms with Crippen LogP contribution < -0.4 is 0 Å². The summed E-state index contributed by atoms with van der Waals surface area (Å²) in [6.45, 7) is 1.76. The van der Waals surface area contributed by atoms with Crippen LogP contribution in [0.3, 0.4) is 0 Å². The number of allylic oxidation sites excluding steroid dienone is 5. The van der Waals surface area contributed by atoms with Crippen LogP contribution >= 0.6 is 0 Å². The van der Waals surface area contributed by atoms with Gasteiger partial charge < -0.3 is 0 Å². The van der Waals surface area contributed by atoms with Gasteiger partial charge >= 0.3 is 0 Å². The lowest BCUT2D eigenvalue weighted by atomic mass is 9.75. The summed E-state index contributed by atoms with van der Waals surface area (Å²) in [7, 11) is 0. The van der Waals surface area contributed by atoms with Crippen molar-refractivity contribution in [2.45, 2.75) is 64.7 Å². The fourth-order valence-electron chi connectivity index (χ4n) is 4.95. The molecule has 3 heteroatoms. The molecule has 0 aromatic heterocycles. The van der Waals surface area contributed by atoms with E-state index >= 15 is 0 Å². The Morgan fingerprint density at radius 2 is 2.10 bits per heavy atom. The molecule has 0 radical (unpaired) electrons. The first-order valence-corrected chi connectivity index (χ1v) is 11.0. The molecule has 1 heterocycles. The summed E-state index contributed by atoms with van der Waals surface area (Å²) in [6, 6.07) is 5.29. The average Bonchev–Trinajstić information content (AvgIpc) is 3.08. The second-order valence-corrected chi connectivity index (χ2v) is 8.78. The van der Waals surface area contributed by atoms with Gasteiger partial charge in [0.1, 0.15) is 11.6 Å². The standard InChI is InChI=1S/C26H30FNO.3H2/c1-18-10-11-19(17-25(18)27)12-13-23(29)16-20-5-2-7-22(15-20)26-24-9-3-6-21(24)8-4-14-28-26;;;/h3-4,9-11,14,17,20,22H,2,5-8,12-13,15-16H2,1H3;3*1H/t20-,22?;;;/m1.../s1. The number of hydrogen-bond donors (Lipinski definition) is 0. The maximum Gasteiger partial charge on any atom is 0.133 e. The summed E-state index contributed by atoms with van der Waals surface area (Å²) in [5.41, 5.74) is 5.65. The molecule has 0 amide bonds. The molecule has 0 N–H and O–H groups in total. The number of benzene rings is 1. The lowest BCUT2D eigenvalue weighted by Gasteiger charge is -2.30. The van der Waals surface area contributed by atoms with Crippen molar-refractivity contribution < 1.29 is 13.5 Å². The quantitative estimate of drug-likeness (QED) is 0.499. The predicted molar refractivity (Wildman–Crippen MR) is 123 cm³/mol. The SMILES string of the molecule is Cc1ccc(CCC(=O)C[C@@H]2CCCC(C3=NC=CCC4=C3C=CC4)C2)cc1F.[HH].[HH].[HH]. The Hall–Kier alpha value is -2.29. The highest BCUT2D eigenvalue weighted by Crippen LogP contribution is 2.37. The van der Waals surface area contributed by atoms with Crippen LogP contribution in [0.5, 0.6) is 0 Å². The topological polar surface area (TPSA) is 29.4 Å². The number of halogens is 1. The van der Waals surface area contributed by atoms with E-state index in [-0.39, 0.29) is 10.1 Å². The molecular weight excluding hydrogens is 361 g/mol. The number of carbonyl (C=O) groups excluding carboxylic acids is 1. The zero-order valence-corrected chi connectivity index (χ0v) is 17.3. The van der Waals surface area contributed by atoms with Crippen LogP contribution in [0.25, 0.3) is 0 Å². The summed E-state index contributed by atoms with van der Waals surface area (Å²) in [5.74, 6) is 1.03. The van der Waals surface area contributed by atoms with Crippen LogP contribution in [0.1, 0.15) is 66.8 Å². The van der Waals surface area contributed by atoms with Gasteiger partial charge in [-0.15, -0.1) is 0 Å². The Balaban J connectivity index is 0.00000171. The van der Waals surface area contributed by atoms with Gasteiger partial charge in [-0.25, -0.2) is 4.39 Å². The van der Waals surface area contributed by atoms with Gasteiger partial charge in [0.15, 0.2) is 0 Å². The first-order valence-electron chi connectivity index (χ1n) is 11.0. The number of nitrogens with zero attached hydrogens (tertiary/aromatic N) is 1. The molecule has 0 spiro atoms. The van der Waals surface area contributed by atoms with Crippen LogP contribution in [0, 0.1) is 24.6 Å². The molecule has 2 nitrogen and oxygen atoms in total. The van der Waals surface area contributed by atoms with Crippen molar-refractivity contribution in [2.75, 3.05) is 0 Å².